The fraction of sp³-hybridized carbons (Fsp3) is 0.182. The highest BCUT2D eigenvalue weighted by Crippen LogP contribution is 2.24. The second-order valence-electron chi connectivity index (χ2n) is 3.27. The van der Waals surface area contributed by atoms with E-state index in [0.717, 1.165) is 6.20 Å². The zero-order chi connectivity index (χ0) is 10.8. The average molecular weight is 207 g/mol. The van der Waals surface area contributed by atoms with Gasteiger partial charge in [0.25, 0.3) is 0 Å². The summed E-state index contributed by atoms with van der Waals surface area (Å²) in [5, 5.41) is 9.92. The van der Waals surface area contributed by atoms with Crippen LogP contribution in [0.25, 0.3) is 0 Å². The second-order valence-corrected chi connectivity index (χ2v) is 3.27. The van der Waals surface area contributed by atoms with Crippen molar-refractivity contribution in [2.24, 2.45) is 0 Å². The standard InChI is InChI=1S/C11H10FNO2/c1-7-10(2-3-15-7)11(14)8-4-9(12)6-13-5-8/h2-6,11,14H,1H3. The zero-order valence-electron chi connectivity index (χ0n) is 8.14. The minimum absolute atomic E-state index is 0.416. The molecule has 2 heterocycles. The SMILES string of the molecule is Cc1occc1C(O)c1cncc(F)c1. The van der Waals surface area contributed by atoms with E-state index in [2.05, 4.69) is 4.98 Å². The van der Waals surface area contributed by atoms with Crippen molar-refractivity contribution in [1.82, 2.24) is 4.98 Å². The molecule has 1 N–H and O–H groups in total. The summed E-state index contributed by atoms with van der Waals surface area (Å²) >= 11 is 0. The Balaban J connectivity index is 2.36. The molecule has 3 nitrogen and oxygen atoms in total. The maximum Gasteiger partial charge on any atom is 0.141 e. The number of rotatable bonds is 2. The summed E-state index contributed by atoms with van der Waals surface area (Å²) in [5.41, 5.74) is 1.04. The summed E-state index contributed by atoms with van der Waals surface area (Å²) in [4.78, 5) is 3.68. The lowest BCUT2D eigenvalue weighted by Crippen LogP contribution is -2.01. The van der Waals surface area contributed by atoms with Crippen LogP contribution in [-0.4, -0.2) is 10.1 Å². The van der Waals surface area contributed by atoms with Gasteiger partial charge in [-0.25, -0.2) is 4.39 Å². The van der Waals surface area contributed by atoms with Gasteiger partial charge < -0.3 is 9.52 Å². The maximum atomic E-state index is 12.9. The van der Waals surface area contributed by atoms with Gasteiger partial charge in [0.15, 0.2) is 0 Å². The lowest BCUT2D eigenvalue weighted by atomic mass is 10.0. The molecule has 1 unspecified atom stereocenters. The van der Waals surface area contributed by atoms with Crippen LogP contribution in [0.4, 0.5) is 4.39 Å². The number of pyridine rings is 1. The van der Waals surface area contributed by atoms with Crippen molar-refractivity contribution in [1.29, 1.82) is 0 Å². The number of furan rings is 1. The minimum atomic E-state index is -0.896. The molecule has 15 heavy (non-hydrogen) atoms. The zero-order valence-corrected chi connectivity index (χ0v) is 8.14. The second kappa shape index (κ2) is 3.82. The Labute approximate surface area is 86.2 Å². The lowest BCUT2D eigenvalue weighted by molar-refractivity contribution is 0.217. The maximum absolute atomic E-state index is 12.9. The van der Waals surface area contributed by atoms with Gasteiger partial charge in [-0.3, -0.25) is 4.98 Å². The van der Waals surface area contributed by atoms with Crippen LogP contribution in [0.1, 0.15) is 23.0 Å². The van der Waals surface area contributed by atoms with E-state index in [4.69, 9.17) is 4.42 Å². The number of nitrogens with zero attached hydrogens (tertiary/aromatic N) is 1. The number of aliphatic hydroxyl groups is 1. The first kappa shape index (κ1) is 9.86. The molecule has 0 amide bonds. The largest absolute Gasteiger partial charge is 0.469 e. The summed E-state index contributed by atoms with van der Waals surface area (Å²) < 4.78 is 17.9. The molecule has 2 aromatic heterocycles. The Morgan fingerprint density at radius 1 is 1.47 bits per heavy atom. The van der Waals surface area contributed by atoms with Gasteiger partial charge in [-0.15, -0.1) is 0 Å². The first-order valence-corrected chi connectivity index (χ1v) is 4.51. The van der Waals surface area contributed by atoms with Crippen molar-refractivity contribution in [3.63, 3.8) is 0 Å². The summed E-state index contributed by atoms with van der Waals surface area (Å²) in [6.07, 6.45) is 3.12. The molecule has 4 heteroatoms. The molecule has 0 aliphatic heterocycles. The Morgan fingerprint density at radius 2 is 2.27 bits per heavy atom. The highest BCUT2D eigenvalue weighted by molar-refractivity contribution is 5.29. The third-order valence-electron chi connectivity index (χ3n) is 2.24. The topological polar surface area (TPSA) is 46.3 Å². The van der Waals surface area contributed by atoms with Gasteiger partial charge in [0, 0.05) is 17.3 Å². The Bertz CT molecular complexity index is 467. The van der Waals surface area contributed by atoms with Crippen molar-refractivity contribution in [2.45, 2.75) is 13.0 Å². The minimum Gasteiger partial charge on any atom is -0.469 e. The van der Waals surface area contributed by atoms with Gasteiger partial charge in [-0.05, 0) is 19.1 Å². The van der Waals surface area contributed by atoms with Gasteiger partial charge in [0.1, 0.15) is 17.7 Å². The Hall–Kier alpha value is -1.68. The first-order valence-electron chi connectivity index (χ1n) is 4.51. The number of aryl methyl sites for hydroxylation is 1. The number of aromatic nitrogens is 1. The van der Waals surface area contributed by atoms with Crippen LogP contribution in [0.15, 0.2) is 35.2 Å². The summed E-state index contributed by atoms with van der Waals surface area (Å²) in [6, 6.07) is 2.91. The molecule has 0 saturated heterocycles. The molecule has 78 valence electrons. The normalized spacial score (nSPS) is 12.7. The van der Waals surface area contributed by atoms with E-state index in [-0.39, 0.29) is 0 Å². The summed E-state index contributed by atoms with van der Waals surface area (Å²) in [5.74, 6) is 0.152. The molecule has 0 saturated carbocycles. The third kappa shape index (κ3) is 1.89. The summed E-state index contributed by atoms with van der Waals surface area (Å²) in [6.45, 7) is 1.74. The van der Waals surface area contributed by atoms with Gasteiger partial charge in [-0.1, -0.05) is 0 Å². The van der Waals surface area contributed by atoms with Gasteiger partial charge in [-0.2, -0.15) is 0 Å². The highest BCUT2D eigenvalue weighted by Gasteiger charge is 2.15. The van der Waals surface area contributed by atoms with Crippen molar-refractivity contribution < 1.29 is 13.9 Å². The summed E-state index contributed by atoms with van der Waals surface area (Å²) in [7, 11) is 0. The molecule has 0 aliphatic rings. The van der Waals surface area contributed by atoms with E-state index in [1.807, 2.05) is 0 Å². The molecule has 2 rings (SSSR count). The molecule has 0 fully saturated rings. The smallest absolute Gasteiger partial charge is 0.141 e. The molecular formula is C11H10FNO2. The molecule has 2 aromatic rings. The van der Waals surface area contributed by atoms with E-state index < -0.39 is 11.9 Å². The van der Waals surface area contributed by atoms with E-state index in [9.17, 15) is 9.50 Å². The lowest BCUT2D eigenvalue weighted by Gasteiger charge is -2.09. The van der Waals surface area contributed by atoms with Crippen molar-refractivity contribution in [2.75, 3.05) is 0 Å². The molecule has 0 aliphatic carbocycles. The molecule has 0 radical (unpaired) electrons. The van der Waals surface area contributed by atoms with Crippen LogP contribution in [0.2, 0.25) is 0 Å². The molecule has 0 aromatic carbocycles. The monoisotopic (exact) mass is 207 g/mol. The van der Waals surface area contributed by atoms with Crippen molar-refractivity contribution in [3.05, 3.63) is 53.5 Å². The van der Waals surface area contributed by atoms with Crippen molar-refractivity contribution >= 4 is 0 Å². The number of hydrogen-bond acceptors (Lipinski definition) is 3. The molecule has 1 atom stereocenters. The van der Waals surface area contributed by atoms with Crippen LogP contribution in [0, 0.1) is 12.7 Å². The van der Waals surface area contributed by atoms with Gasteiger partial charge >= 0.3 is 0 Å². The van der Waals surface area contributed by atoms with E-state index >= 15 is 0 Å². The Morgan fingerprint density at radius 3 is 2.87 bits per heavy atom. The predicted octanol–water partition coefficient (Wildman–Crippen LogP) is 2.20. The first-order chi connectivity index (χ1) is 7.18. The van der Waals surface area contributed by atoms with Crippen LogP contribution in [0.3, 0.4) is 0 Å². The highest BCUT2D eigenvalue weighted by atomic mass is 19.1. The van der Waals surface area contributed by atoms with E-state index in [0.29, 0.717) is 16.9 Å². The number of halogens is 1. The van der Waals surface area contributed by atoms with E-state index in [1.54, 1.807) is 13.0 Å². The quantitative estimate of drug-likeness (QED) is 0.821. The third-order valence-corrected chi connectivity index (χ3v) is 2.24. The molecule has 0 bridgehead atoms. The van der Waals surface area contributed by atoms with Crippen LogP contribution in [0.5, 0.6) is 0 Å². The van der Waals surface area contributed by atoms with Crippen LogP contribution >= 0.6 is 0 Å². The number of aliphatic hydroxyl groups excluding tert-OH is 1. The molecular weight excluding hydrogens is 197 g/mol. The number of hydrogen-bond donors (Lipinski definition) is 1. The fourth-order valence-electron chi connectivity index (χ4n) is 1.44. The molecule has 0 spiro atoms. The van der Waals surface area contributed by atoms with Crippen LogP contribution in [-0.2, 0) is 0 Å². The average Bonchev–Trinajstić information content (AvgIpc) is 2.63. The van der Waals surface area contributed by atoms with Crippen molar-refractivity contribution in [3.8, 4) is 0 Å². The fourth-order valence-corrected chi connectivity index (χ4v) is 1.44. The van der Waals surface area contributed by atoms with E-state index in [1.165, 1.54) is 18.5 Å². The van der Waals surface area contributed by atoms with Crippen LogP contribution < -0.4 is 0 Å². The van der Waals surface area contributed by atoms with Gasteiger partial charge in [0.05, 0.1) is 12.5 Å². The van der Waals surface area contributed by atoms with Gasteiger partial charge in [0.2, 0.25) is 0 Å². The predicted molar refractivity (Wildman–Crippen MR) is 51.7 cm³/mol. The Kier molecular flexibility index (Phi) is 2.51.